The predicted molar refractivity (Wildman–Crippen MR) is 75.6 cm³/mol. The number of nitrogens with two attached hydrogens (primary N) is 2. The molecule has 106 valence electrons. The van der Waals surface area contributed by atoms with Crippen LogP contribution in [0.5, 0.6) is 0 Å². The molecule has 0 unspecified atom stereocenters. The number of likely N-dealkylation sites (tertiary alicyclic amines) is 1. The largest absolute Gasteiger partial charge is 0.439 e. The van der Waals surface area contributed by atoms with Gasteiger partial charge >= 0.3 is 0 Å². The minimum Gasteiger partial charge on any atom is -0.439 e. The van der Waals surface area contributed by atoms with Crippen molar-refractivity contribution in [3.8, 4) is 0 Å². The van der Waals surface area contributed by atoms with Crippen molar-refractivity contribution in [2.24, 2.45) is 11.7 Å². The summed E-state index contributed by atoms with van der Waals surface area (Å²) in [5, 5.41) is 0. The van der Waals surface area contributed by atoms with Gasteiger partial charge in [0.2, 0.25) is 11.8 Å². The first-order valence-corrected chi connectivity index (χ1v) is 6.78. The third kappa shape index (κ3) is 2.60. The lowest BCUT2D eigenvalue weighted by Crippen LogP contribution is -2.38. The van der Waals surface area contributed by atoms with Crippen LogP contribution in [-0.2, 0) is 11.3 Å². The first-order valence-electron chi connectivity index (χ1n) is 6.78. The van der Waals surface area contributed by atoms with Crippen LogP contribution in [0.15, 0.2) is 22.6 Å². The smallest absolute Gasteiger partial charge is 0.220 e. The molecule has 20 heavy (non-hydrogen) atoms. The van der Waals surface area contributed by atoms with Crippen molar-refractivity contribution in [1.29, 1.82) is 0 Å². The minimum absolute atomic E-state index is 0.00896. The average Bonchev–Trinajstić information content (AvgIpc) is 2.80. The molecular formula is C14H18N4O2. The maximum Gasteiger partial charge on any atom is 0.220 e. The van der Waals surface area contributed by atoms with Crippen LogP contribution in [0.1, 0.15) is 18.7 Å². The Balaban J connectivity index is 1.66. The number of primary amides is 1. The zero-order valence-electron chi connectivity index (χ0n) is 11.2. The first kappa shape index (κ1) is 12.9. The van der Waals surface area contributed by atoms with Crippen LogP contribution in [0.25, 0.3) is 11.1 Å². The molecule has 0 bridgehead atoms. The topological polar surface area (TPSA) is 98.4 Å². The van der Waals surface area contributed by atoms with E-state index in [2.05, 4.69) is 9.88 Å². The summed E-state index contributed by atoms with van der Waals surface area (Å²) in [5.41, 5.74) is 13.3. The number of nitrogen functional groups attached to an aromatic ring is 1. The molecule has 3 rings (SSSR count). The second kappa shape index (κ2) is 5.13. The molecule has 1 amide bonds. The highest BCUT2D eigenvalue weighted by molar-refractivity contribution is 5.77. The lowest BCUT2D eigenvalue weighted by molar-refractivity contribution is -0.123. The number of nitrogens with zero attached hydrogens (tertiary/aromatic N) is 2. The molecule has 0 radical (unpaired) electrons. The summed E-state index contributed by atoms with van der Waals surface area (Å²) in [6, 6.07) is 5.44. The molecule has 0 saturated carbocycles. The van der Waals surface area contributed by atoms with Gasteiger partial charge in [0, 0.05) is 11.6 Å². The SMILES string of the molecule is NC(=O)C1CCN(Cc2nc3cc(N)ccc3o2)CC1. The van der Waals surface area contributed by atoms with Crippen molar-refractivity contribution in [3.63, 3.8) is 0 Å². The van der Waals surface area contributed by atoms with E-state index < -0.39 is 0 Å². The highest BCUT2D eigenvalue weighted by Gasteiger charge is 2.24. The quantitative estimate of drug-likeness (QED) is 0.817. The van der Waals surface area contributed by atoms with E-state index in [1.807, 2.05) is 12.1 Å². The van der Waals surface area contributed by atoms with Crippen molar-refractivity contribution < 1.29 is 9.21 Å². The molecule has 0 atom stereocenters. The van der Waals surface area contributed by atoms with Gasteiger partial charge in [0.1, 0.15) is 5.52 Å². The van der Waals surface area contributed by atoms with Gasteiger partial charge < -0.3 is 15.9 Å². The summed E-state index contributed by atoms with van der Waals surface area (Å²) in [5.74, 6) is 0.500. The molecule has 0 aliphatic carbocycles. The van der Waals surface area contributed by atoms with Crippen LogP contribution in [0.3, 0.4) is 0 Å². The molecule has 0 spiro atoms. The van der Waals surface area contributed by atoms with Crippen LogP contribution >= 0.6 is 0 Å². The predicted octanol–water partition coefficient (Wildman–Crippen LogP) is 1.11. The minimum atomic E-state index is -0.193. The number of carbonyl (C=O) groups excluding carboxylic acids is 1. The van der Waals surface area contributed by atoms with E-state index in [4.69, 9.17) is 15.9 Å². The van der Waals surface area contributed by atoms with Gasteiger partial charge in [-0.3, -0.25) is 9.69 Å². The molecule has 6 nitrogen and oxygen atoms in total. The van der Waals surface area contributed by atoms with Gasteiger partial charge in [-0.25, -0.2) is 4.98 Å². The average molecular weight is 274 g/mol. The van der Waals surface area contributed by atoms with Gasteiger partial charge in [-0.05, 0) is 44.1 Å². The number of oxazole rings is 1. The molecule has 1 aliphatic heterocycles. The zero-order valence-corrected chi connectivity index (χ0v) is 11.2. The fourth-order valence-corrected chi connectivity index (χ4v) is 2.63. The molecule has 1 aromatic carbocycles. The molecule has 4 N–H and O–H groups in total. The van der Waals surface area contributed by atoms with E-state index in [1.54, 1.807) is 6.07 Å². The molecular weight excluding hydrogens is 256 g/mol. The third-order valence-electron chi connectivity index (χ3n) is 3.80. The molecule has 1 saturated heterocycles. The molecule has 2 heterocycles. The van der Waals surface area contributed by atoms with Crippen molar-refractivity contribution in [3.05, 3.63) is 24.1 Å². The first-order chi connectivity index (χ1) is 9.61. The number of rotatable bonds is 3. The highest BCUT2D eigenvalue weighted by atomic mass is 16.3. The molecule has 6 heteroatoms. The number of carbonyl (C=O) groups is 1. The van der Waals surface area contributed by atoms with Gasteiger partial charge in [0.05, 0.1) is 6.54 Å². The van der Waals surface area contributed by atoms with E-state index in [-0.39, 0.29) is 11.8 Å². The zero-order chi connectivity index (χ0) is 14.1. The molecule has 1 aromatic heterocycles. The van der Waals surface area contributed by atoms with Crippen molar-refractivity contribution in [1.82, 2.24) is 9.88 Å². The number of fused-ring (bicyclic) bond motifs is 1. The molecule has 1 fully saturated rings. The van der Waals surface area contributed by atoms with Gasteiger partial charge in [-0.1, -0.05) is 0 Å². The third-order valence-corrected chi connectivity index (χ3v) is 3.80. The Morgan fingerprint density at radius 2 is 2.15 bits per heavy atom. The van der Waals surface area contributed by atoms with Crippen LogP contribution in [0.4, 0.5) is 5.69 Å². The number of hydrogen-bond acceptors (Lipinski definition) is 5. The Bertz CT molecular complexity index is 629. The number of piperidine rings is 1. The second-order valence-corrected chi connectivity index (χ2v) is 5.29. The number of anilines is 1. The van der Waals surface area contributed by atoms with Crippen LogP contribution < -0.4 is 11.5 Å². The van der Waals surface area contributed by atoms with Gasteiger partial charge in [-0.15, -0.1) is 0 Å². The summed E-state index contributed by atoms with van der Waals surface area (Å²) in [6.45, 7) is 2.34. The number of amides is 1. The van der Waals surface area contributed by atoms with Crippen LogP contribution in [0.2, 0.25) is 0 Å². The van der Waals surface area contributed by atoms with Crippen LogP contribution in [0, 0.1) is 5.92 Å². The van der Waals surface area contributed by atoms with Crippen LogP contribution in [-0.4, -0.2) is 28.9 Å². The second-order valence-electron chi connectivity index (χ2n) is 5.29. The van der Waals surface area contributed by atoms with E-state index in [1.165, 1.54) is 0 Å². The van der Waals surface area contributed by atoms with Gasteiger partial charge in [-0.2, -0.15) is 0 Å². The Kier molecular flexibility index (Phi) is 3.31. The maximum absolute atomic E-state index is 11.1. The van der Waals surface area contributed by atoms with Crippen molar-refractivity contribution >= 4 is 22.7 Å². The standard InChI is InChI=1S/C14H18N4O2/c15-10-1-2-12-11(7-10)17-13(20-12)8-18-5-3-9(4-6-18)14(16)19/h1-2,7,9H,3-6,8,15H2,(H2,16,19). The maximum atomic E-state index is 11.1. The Labute approximate surface area is 116 Å². The summed E-state index contributed by atoms with van der Waals surface area (Å²) in [7, 11) is 0. The number of aromatic nitrogens is 1. The van der Waals surface area contributed by atoms with Gasteiger partial charge in [0.25, 0.3) is 0 Å². The van der Waals surface area contributed by atoms with E-state index in [0.717, 1.165) is 37.0 Å². The summed E-state index contributed by atoms with van der Waals surface area (Å²) in [6.07, 6.45) is 1.62. The molecule has 1 aliphatic rings. The van der Waals surface area contributed by atoms with E-state index in [0.29, 0.717) is 18.1 Å². The normalized spacial score (nSPS) is 17.6. The number of benzene rings is 1. The van der Waals surface area contributed by atoms with E-state index >= 15 is 0 Å². The lowest BCUT2D eigenvalue weighted by Gasteiger charge is -2.29. The van der Waals surface area contributed by atoms with Crippen molar-refractivity contribution in [2.45, 2.75) is 19.4 Å². The summed E-state index contributed by atoms with van der Waals surface area (Å²) < 4.78 is 5.70. The Morgan fingerprint density at radius 1 is 1.40 bits per heavy atom. The lowest BCUT2D eigenvalue weighted by atomic mass is 9.96. The summed E-state index contributed by atoms with van der Waals surface area (Å²) >= 11 is 0. The highest BCUT2D eigenvalue weighted by Crippen LogP contribution is 2.22. The fourth-order valence-electron chi connectivity index (χ4n) is 2.63. The number of hydrogen-bond donors (Lipinski definition) is 2. The Hall–Kier alpha value is -2.08. The van der Waals surface area contributed by atoms with Crippen molar-refractivity contribution in [2.75, 3.05) is 18.8 Å². The van der Waals surface area contributed by atoms with Gasteiger partial charge in [0.15, 0.2) is 5.58 Å². The fraction of sp³-hybridized carbons (Fsp3) is 0.429. The van der Waals surface area contributed by atoms with E-state index in [9.17, 15) is 4.79 Å². The molecule has 2 aromatic rings. The monoisotopic (exact) mass is 274 g/mol. The Morgan fingerprint density at radius 3 is 2.85 bits per heavy atom. The summed E-state index contributed by atoms with van der Waals surface area (Å²) in [4.78, 5) is 17.8.